The van der Waals surface area contributed by atoms with Gasteiger partial charge in [-0.15, -0.1) is 0 Å². The minimum absolute atomic E-state index is 0.335. The summed E-state index contributed by atoms with van der Waals surface area (Å²) >= 11 is 0. The van der Waals surface area contributed by atoms with Gasteiger partial charge in [0.05, 0.1) is 0 Å². The summed E-state index contributed by atoms with van der Waals surface area (Å²) in [7, 11) is 0. The monoisotopic (exact) mass is 325 g/mol. The Balaban J connectivity index is 2.07. The molecule has 3 N–H and O–H groups in total. The fourth-order valence-electron chi connectivity index (χ4n) is 4.14. The number of nitrogens with two attached hydrogens (primary N) is 1. The molecule has 0 radical (unpaired) electrons. The van der Waals surface area contributed by atoms with Crippen LogP contribution in [0.15, 0.2) is 0 Å². The number of carboxylic acids is 1. The van der Waals surface area contributed by atoms with E-state index >= 15 is 0 Å². The second-order valence-corrected chi connectivity index (χ2v) is 7.63. The standard InChI is InChI=1S/C20H39NO2/c1-2-3-6-13-19(21)16-15-18-12-9-11-17(18)10-7-4-5-8-14-20(22)23/h17-19H,2-16,21H2,1H3,(H,22,23)/t17-,18+,19?/m0/s1. The highest BCUT2D eigenvalue weighted by molar-refractivity contribution is 5.66. The van der Waals surface area contributed by atoms with Gasteiger partial charge in [-0.05, 0) is 37.5 Å². The minimum Gasteiger partial charge on any atom is -0.481 e. The zero-order valence-corrected chi connectivity index (χ0v) is 15.3. The van der Waals surface area contributed by atoms with Crippen LogP contribution in [0.1, 0.15) is 103 Å². The molecule has 3 heteroatoms. The number of unbranched alkanes of at least 4 members (excludes halogenated alkanes) is 5. The molecule has 1 rings (SSSR count). The Hall–Kier alpha value is -0.570. The third-order valence-electron chi connectivity index (χ3n) is 5.62. The Labute approximate surface area is 143 Å². The van der Waals surface area contributed by atoms with Crippen LogP contribution in [0.5, 0.6) is 0 Å². The van der Waals surface area contributed by atoms with E-state index in [1.54, 1.807) is 0 Å². The first kappa shape index (κ1) is 20.5. The third kappa shape index (κ3) is 10.0. The molecule has 1 aliphatic carbocycles. The second-order valence-electron chi connectivity index (χ2n) is 7.63. The average molecular weight is 326 g/mol. The summed E-state index contributed by atoms with van der Waals surface area (Å²) in [6, 6.07) is 0.416. The van der Waals surface area contributed by atoms with E-state index in [-0.39, 0.29) is 0 Å². The minimum atomic E-state index is -0.656. The van der Waals surface area contributed by atoms with E-state index in [1.165, 1.54) is 77.0 Å². The van der Waals surface area contributed by atoms with E-state index < -0.39 is 5.97 Å². The normalized spacial score (nSPS) is 22.3. The van der Waals surface area contributed by atoms with Gasteiger partial charge in [0.2, 0.25) is 0 Å². The van der Waals surface area contributed by atoms with Crippen LogP contribution >= 0.6 is 0 Å². The first-order valence-electron chi connectivity index (χ1n) is 10.1. The number of aliphatic carboxylic acids is 1. The molecular weight excluding hydrogens is 286 g/mol. The molecule has 0 heterocycles. The van der Waals surface area contributed by atoms with Gasteiger partial charge in [0.25, 0.3) is 0 Å². The van der Waals surface area contributed by atoms with Gasteiger partial charge in [0.1, 0.15) is 0 Å². The summed E-state index contributed by atoms with van der Waals surface area (Å²) in [6.45, 7) is 2.25. The van der Waals surface area contributed by atoms with Crippen molar-refractivity contribution in [3.8, 4) is 0 Å². The lowest BCUT2D eigenvalue weighted by atomic mass is 9.86. The predicted molar refractivity (Wildman–Crippen MR) is 97.5 cm³/mol. The van der Waals surface area contributed by atoms with Crippen molar-refractivity contribution in [1.82, 2.24) is 0 Å². The van der Waals surface area contributed by atoms with Crippen LogP contribution in [0.3, 0.4) is 0 Å². The van der Waals surface area contributed by atoms with Crippen molar-refractivity contribution in [1.29, 1.82) is 0 Å². The number of carboxylic acid groups (broad SMARTS) is 1. The molecule has 1 saturated carbocycles. The Kier molecular flexibility index (Phi) is 11.4. The van der Waals surface area contributed by atoms with Crippen LogP contribution in [0, 0.1) is 11.8 Å². The number of hydrogen-bond acceptors (Lipinski definition) is 2. The van der Waals surface area contributed by atoms with Gasteiger partial charge in [-0.1, -0.05) is 71.1 Å². The maximum atomic E-state index is 10.5. The molecule has 0 spiro atoms. The van der Waals surface area contributed by atoms with Crippen molar-refractivity contribution < 1.29 is 9.90 Å². The van der Waals surface area contributed by atoms with Crippen LogP contribution in [0.25, 0.3) is 0 Å². The fraction of sp³-hybridized carbons (Fsp3) is 0.950. The van der Waals surface area contributed by atoms with E-state index in [0.29, 0.717) is 12.5 Å². The molecule has 1 fully saturated rings. The molecule has 1 aliphatic rings. The van der Waals surface area contributed by atoms with Gasteiger partial charge in [0.15, 0.2) is 0 Å². The van der Waals surface area contributed by atoms with E-state index in [4.69, 9.17) is 10.8 Å². The number of hydrogen-bond donors (Lipinski definition) is 2. The van der Waals surface area contributed by atoms with Crippen molar-refractivity contribution in [3.05, 3.63) is 0 Å². The third-order valence-corrected chi connectivity index (χ3v) is 5.62. The van der Waals surface area contributed by atoms with Crippen molar-refractivity contribution in [2.45, 2.75) is 109 Å². The van der Waals surface area contributed by atoms with Crippen molar-refractivity contribution in [2.24, 2.45) is 17.6 Å². The van der Waals surface area contributed by atoms with Gasteiger partial charge in [0, 0.05) is 12.5 Å². The lowest BCUT2D eigenvalue weighted by Gasteiger charge is -2.21. The summed E-state index contributed by atoms with van der Waals surface area (Å²) in [5.41, 5.74) is 6.27. The SMILES string of the molecule is CCCCCC(N)CC[C@H]1CCC[C@@H]1CCCCCCC(=O)O. The molecule has 23 heavy (non-hydrogen) atoms. The van der Waals surface area contributed by atoms with Crippen molar-refractivity contribution in [2.75, 3.05) is 0 Å². The average Bonchev–Trinajstić information content (AvgIpc) is 2.96. The van der Waals surface area contributed by atoms with Crippen LogP contribution < -0.4 is 5.73 Å². The smallest absolute Gasteiger partial charge is 0.303 e. The van der Waals surface area contributed by atoms with Gasteiger partial charge >= 0.3 is 5.97 Å². The summed E-state index contributed by atoms with van der Waals surface area (Å²) < 4.78 is 0. The van der Waals surface area contributed by atoms with Crippen LogP contribution in [-0.4, -0.2) is 17.1 Å². The van der Waals surface area contributed by atoms with Gasteiger partial charge < -0.3 is 10.8 Å². The molecule has 0 aromatic rings. The molecule has 136 valence electrons. The number of carbonyl (C=O) groups is 1. The van der Waals surface area contributed by atoms with Crippen LogP contribution in [-0.2, 0) is 4.79 Å². The molecule has 3 nitrogen and oxygen atoms in total. The Bertz CT molecular complexity index is 306. The van der Waals surface area contributed by atoms with E-state index in [9.17, 15) is 4.79 Å². The summed E-state index contributed by atoms with van der Waals surface area (Å²) in [5.74, 6) is 1.17. The highest BCUT2D eigenvalue weighted by atomic mass is 16.4. The second kappa shape index (κ2) is 12.8. The largest absolute Gasteiger partial charge is 0.481 e. The van der Waals surface area contributed by atoms with Gasteiger partial charge in [-0.25, -0.2) is 0 Å². The molecule has 0 amide bonds. The maximum Gasteiger partial charge on any atom is 0.303 e. The Morgan fingerprint density at radius 2 is 1.70 bits per heavy atom. The van der Waals surface area contributed by atoms with E-state index in [1.807, 2.05) is 0 Å². The molecule has 0 aromatic heterocycles. The highest BCUT2D eigenvalue weighted by Crippen LogP contribution is 2.38. The fourth-order valence-corrected chi connectivity index (χ4v) is 4.14. The van der Waals surface area contributed by atoms with E-state index in [0.717, 1.165) is 24.7 Å². The van der Waals surface area contributed by atoms with Crippen molar-refractivity contribution in [3.63, 3.8) is 0 Å². The van der Waals surface area contributed by atoms with Gasteiger partial charge in [-0.2, -0.15) is 0 Å². The lowest BCUT2D eigenvalue weighted by Crippen LogP contribution is -2.21. The summed E-state index contributed by atoms with van der Waals surface area (Å²) in [4.78, 5) is 10.5. The van der Waals surface area contributed by atoms with E-state index in [2.05, 4.69) is 6.92 Å². The Morgan fingerprint density at radius 1 is 1.00 bits per heavy atom. The predicted octanol–water partition coefficient (Wildman–Crippen LogP) is 5.52. The summed E-state index contributed by atoms with van der Waals surface area (Å²) in [5, 5.41) is 8.64. The van der Waals surface area contributed by atoms with Crippen LogP contribution in [0.2, 0.25) is 0 Å². The van der Waals surface area contributed by atoms with Gasteiger partial charge in [-0.3, -0.25) is 4.79 Å². The molecule has 0 bridgehead atoms. The molecular formula is C20H39NO2. The van der Waals surface area contributed by atoms with Crippen LogP contribution in [0.4, 0.5) is 0 Å². The topological polar surface area (TPSA) is 63.3 Å². The molecule has 3 atom stereocenters. The van der Waals surface area contributed by atoms with Crippen molar-refractivity contribution >= 4 is 5.97 Å². The Morgan fingerprint density at radius 3 is 2.39 bits per heavy atom. The number of rotatable bonds is 14. The first-order valence-corrected chi connectivity index (χ1v) is 10.1. The highest BCUT2D eigenvalue weighted by Gasteiger charge is 2.26. The summed E-state index contributed by atoms with van der Waals surface area (Å²) in [6.07, 6.45) is 17.9. The maximum absolute atomic E-state index is 10.5. The molecule has 0 saturated heterocycles. The molecule has 0 aromatic carbocycles. The first-order chi connectivity index (χ1) is 11.1. The molecule has 1 unspecified atom stereocenters. The molecule has 0 aliphatic heterocycles. The zero-order valence-electron chi connectivity index (χ0n) is 15.3. The quantitative estimate of drug-likeness (QED) is 0.414. The zero-order chi connectivity index (χ0) is 16.9. The lowest BCUT2D eigenvalue weighted by molar-refractivity contribution is -0.137.